The average molecular weight is 281 g/mol. The first-order valence-electron chi connectivity index (χ1n) is 6.30. The fourth-order valence-corrected chi connectivity index (χ4v) is 2.45. The van der Waals surface area contributed by atoms with Gasteiger partial charge in [-0.05, 0) is 23.6 Å². The normalized spacial score (nSPS) is 18.7. The fraction of sp³-hybridized carbons (Fsp3) is 0.429. The molecule has 1 unspecified atom stereocenters. The molecule has 1 aliphatic heterocycles. The third-order valence-electron chi connectivity index (χ3n) is 3.29. The van der Waals surface area contributed by atoms with Crippen LogP contribution in [-0.2, 0) is 16.0 Å². The minimum Gasteiger partial charge on any atom is -0.359 e. The van der Waals surface area contributed by atoms with Crippen LogP contribution in [0.4, 0.5) is 5.69 Å². The summed E-state index contributed by atoms with van der Waals surface area (Å²) in [5.41, 5.74) is 1.75. The summed E-state index contributed by atoms with van der Waals surface area (Å²) >= 11 is 5.81. The van der Waals surface area contributed by atoms with Crippen LogP contribution in [-0.4, -0.2) is 31.3 Å². The Morgan fingerprint density at radius 3 is 2.95 bits per heavy atom. The summed E-state index contributed by atoms with van der Waals surface area (Å²) in [6.07, 6.45) is 0.828. The van der Waals surface area contributed by atoms with E-state index in [4.69, 9.17) is 11.6 Å². The van der Waals surface area contributed by atoms with E-state index >= 15 is 0 Å². The van der Waals surface area contributed by atoms with Crippen molar-refractivity contribution in [1.29, 1.82) is 0 Å². The lowest BCUT2D eigenvalue weighted by molar-refractivity contribution is -0.120. The number of nitrogens with one attached hydrogen (secondary N) is 1. The molecular weight excluding hydrogens is 264 g/mol. The molecule has 0 radical (unpaired) electrons. The lowest BCUT2D eigenvalue weighted by atomic mass is 10.1. The van der Waals surface area contributed by atoms with Crippen LogP contribution in [0, 0.1) is 5.92 Å². The monoisotopic (exact) mass is 280 g/mol. The standard InChI is InChI=1S/C14H17ClN2O2/c1-16-13(18)6-10-3-2-4-12(5-10)17-9-11(8-15)7-14(17)19/h2-5,11H,6-9H2,1H3,(H,16,18). The van der Waals surface area contributed by atoms with Crippen molar-refractivity contribution in [3.63, 3.8) is 0 Å². The number of nitrogens with zero attached hydrogens (tertiary/aromatic N) is 1. The number of alkyl halides is 1. The maximum Gasteiger partial charge on any atom is 0.227 e. The molecule has 0 aliphatic carbocycles. The molecule has 1 N–H and O–H groups in total. The number of halogens is 1. The third-order valence-corrected chi connectivity index (χ3v) is 3.73. The summed E-state index contributed by atoms with van der Waals surface area (Å²) in [5, 5.41) is 2.59. The zero-order valence-corrected chi connectivity index (χ0v) is 11.6. The van der Waals surface area contributed by atoms with Crippen molar-refractivity contribution < 1.29 is 9.59 Å². The van der Waals surface area contributed by atoms with E-state index in [1.54, 1.807) is 11.9 Å². The first kappa shape index (κ1) is 13.9. The van der Waals surface area contributed by atoms with Crippen molar-refractivity contribution in [2.24, 2.45) is 5.92 Å². The Hall–Kier alpha value is -1.55. The summed E-state index contributed by atoms with van der Waals surface area (Å²) in [5.74, 6) is 0.781. The van der Waals surface area contributed by atoms with Gasteiger partial charge in [0.15, 0.2) is 0 Å². The minimum atomic E-state index is -0.0384. The number of carbonyl (C=O) groups excluding carboxylic acids is 2. The summed E-state index contributed by atoms with van der Waals surface area (Å²) in [6, 6.07) is 7.54. The highest BCUT2D eigenvalue weighted by Crippen LogP contribution is 2.26. The van der Waals surface area contributed by atoms with Crippen LogP contribution in [0.15, 0.2) is 24.3 Å². The van der Waals surface area contributed by atoms with Crippen molar-refractivity contribution in [1.82, 2.24) is 5.32 Å². The van der Waals surface area contributed by atoms with E-state index in [9.17, 15) is 9.59 Å². The lowest BCUT2D eigenvalue weighted by Crippen LogP contribution is -2.25. The van der Waals surface area contributed by atoms with Crippen LogP contribution in [0.3, 0.4) is 0 Å². The van der Waals surface area contributed by atoms with Crippen molar-refractivity contribution in [2.75, 3.05) is 24.4 Å². The number of amides is 2. The smallest absolute Gasteiger partial charge is 0.227 e. The zero-order valence-electron chi connectivity index (χ0n) is 10.9. The second kappa shape index (κ2) is 6.06. The zero-order chi connectivity index (χ0) is 13.8. The van der Waals surface area contributed by atoms with Gasteiger partial charge in [0, 0.05) is 31.6 Å². The number of carbonyl (C=O) groups is 2. The van der Waals surface area contributed by atoms with Crippen LogP contribution in [0.1, 0.15) is 12.0 Å². The quantitative estimate of drug-likeness (QED) is 0.851. The molecular formula is C14H17ClN2O2. The summed E-state index contributed by atoms with van der Waals surface area (Å²) in [4.78, 5) is 25.0. The summed E-state index contributed by atoms with van der Waals surface area (Å²) in [7, 11) is 1.61. The van der Waals surface area contributed by atoms with Gasteiger partial charge in [-0.25, -0.2) is 0 Å². The Morgan fingerprint density at radius 1 is 1.53 bits per heavy atom. The predicted molar refractivity (Wildman–Crippen MR) is 75.4 cm³/mol. The van der Waals surface area contributed by atoms with Gasteiger partial charge in [-0.15, -0.1) is 11.6 Å². The molecule has 19 heavy (non-hydrogen) atoms. The Bertz CT molecular complexity index is 490. The third kappa shape index (κ3) is 3.26. The molecule has 1 fully saturated rings. The minimum absolute atomic E-state index is 0.0384. The first-order valence-corrected chi connectivity index (χ1v) is 6.83. The first-order chi connectivity index (χ1) is 9.13. The van der Waals surface area contributed by atoms with E-state index in [1.165, 1.54) is 0 Å². The Morgan fingerprint density at radius 2 is 2.32 bits per heavy atom. The molecule has 1 aromatic carbocycles. The maximum atomic E-state index is 11.9. The van der Waals surface area contributed by atoms with Crippen LogP contribution in [0.2, 0.25) is 0 Å². The largest absolute Gasteiger partial charge is 0.359 e. The summed E-state index contributed by atoms with van der Waals surface area (Å²) in [6.45, 7) is 0.658. The molecule has 1 atom stereocenters. The molecule has 0 aromatic heterocycles. The molecule has 5 heteroatoms. The average Bonchev–Trinajstić information content (AvgIpc) is 2.80. The van der Waals surface area contributed by atoms with E-state index in [2.05, 4.69) is 5.32 Å². The molecule has 1 aliphatic rings. The number of hydrogen-bond acceptors (Lipinski definition) is 2. The van der Waals surface area contributed by atoms with Gasteiger partial charge < -0.3 is 10.2 Å². The number of rotatable bonds is 4. The van der Waals surface area contributed by atoms with E-state index in [-0.39, 0.29) is 17.7 Å². The molecule has 2 rings (SSSR count). The van der Waals surface area contributed by atoms with E-state index in [0.29, 0.717) is 25.3 Å². The lowest BCUT2D eigenvalue weighted by Gasteiger charge is -2.17. The SMILES string of the molecule is CNC(=O)Cc1cccc(N2CC(CCl)CC2=O)c1. The van der Waals surface area contributed by atoms with Crippen LogP contribution in [0.25, 0.3) is 0 Å². The highest BCUT2D eigenvalue weighted by molar-refractivity contribution is 6.18. The van der Waals surface area contributed by atoms with Crippen LogP contribution < -0.4 is 10.2 Å². The molecule has 2 amide bonds. The van der Waals surface area contributed by atoms with Gasteiger partial charge in [-0.3, -0.25) is 9.59 Å². The molecule has 1 aromatic rings. The number of benzene rings is 1. The van der Waals surface area contributed by atoms with Gasteiger partial charge in [-0.2, -0.15) is 0 Å². The molecule has 0 spiro atoms. The van der Waals surface area contributed by atoms with E-state index in [1.807, 2.05) is 24.3 Å². The number of hydrogen-bond donors (Lipinski definition) is 1. The number of likely N-dealkylation sites (N-methyl/N-ethyl adjacent to an activating group) is 1. The Balaban J connectivity index is 2.15. The molecule has 0 bridgehead atoms. The van der Waals surface area contributed by atoms with Gasteiger partial charge in [0.1, 0.15) is 0 Å². The molecule has 4 nitrogen and oxygen atoms in total. The molecule has 102 valence electrons. The van der Waals surface area contributed by atoms with Crippen LogP contribution in [0.5, 0.6) is 0 Å². The van der Waals surface area contributed by atoms with Gasteiger partial charge in [0.2, 0.25) is 11.8 Å². The maximum absolute atomic E-state index is 11.9. The second-order valence-corrected chi connectivity index (χ2v) is 5.06. The van der Waals surface area contributed by atoms with Gasteiger partial charge in [-0.1, -0.05) is 12.1 Å². The van der Waals surface area contributed by atoms with Gasteiger partial charge in [0.25, 0.3) is 0 Å². The Labute approximate surface area is 117 Å². The van der Waals surface area contributed by atoms with Crippen LogP contribution >= 0.6 is 11.6 Å². The molecule has 1 saturated heterocycles. The number of anilines is 1. The van der Waals surface area contributed by atoms with Crippen molar-refractivity contribution in [3.8, 4) is 0 Å². The van der Waals surface area contributed by atoms with Crippen molar-refractivity contribution in [3.05, 3.63) is 29.8 Å². The van der Waals surface area contributed by atoms with E-state index in [0.717, 1.165) is 11.3 Å². The summed E-state index contributed by atoms with van der Waals surface area (Å²) < 4.78 is 0. The molecule has 1 heterocycles. The van der Waals surface area contributed by atoms with Crippen molar-refractivity contribution in [2.45, 2.75) is 12.8 Å². The predicted octanol–water partition coefficient (Wildman–Crippen LogP) is 1.57. The Kier molecular flexibility index (Phi) is 4.43. The fourth-order valence-electron chi connectivity index (χ4n) is 2.24. The highest BCUT2D eigenvalue weighted by atomic mass is 35.5. The van der Waals surface area contributed by atoms with Gasteiger partial charge in [0.05, 0.1) is 6.42 Å². The second-order valence-electron chi connectivity index (χ2n) is 4.75. The topological polar surface area (TPSA) is 49.4 Å². The molecule has 0 saturated carbocycles. The van der Waals surface area contributed by atoms with E-state index < -0.39 is 0 Å². The van der Waals surface area contributed by atoms with Crippen molar-refractivity contribution >= 4 is 29.1 Å². The highest BCUT2D eigenvalue weighted by Gasteiger charge is 2.29. The van der Waals surface area contributed by atoms with Gasteiger partial charge >= 0.3 is 0 Å².